The average molecular weight is 439 g/mol. The van der Waals surface area contributed by atoms with Crippen molar-refractivity contribution >= 4 is 17.0 Å². The summed E-state index contributed by atoms with van der Waals surface area (Å²) in [6, 6.07) is 15.1. The van der Waals surface area contributed by atoms with Gasteiger partial charge < -0.3 is 32.4 Å². The predicted molar refractivity (Wildman–Crippen MR) is 132 cm³/mol. The van der Waals surface area contributed by atoms with Gasteiger partial charge in [0.1, 0.15) is 17.3 Å². The molecule has 0 amide bonds. The van der Waals surface area contributed by atoms with Crippen molar-refractivity contribution in [3.05, 3.63) is 71.1 Å². The number of methoxy groups -OCH3 is 2. The summed E-state index contributed by atoms with van der Waals surface area (Å²) < 4.78 is 10.4. The van der Waals surface area contributed by atoms with Crippen LogP contribution in [0, 0.1) is 0 Å². The number of hydrogen-bond acceptors (Lipinski definition) is 7. The number of nitrogens with zero attached hydrogens (tertiary/aromatic N) is 1. The Hall–Kier alpha value is -3.49. The number of allylic oxidation sites excluding steroid dienone is 2. The maximum absolute atomic E-state index is 6.36. The van der Waals surface area contributed by atoms with E-state index in [0.29, 0.717) is 35.9 Å². The van der Waals surface area contributed by atoms with Crippen molar-refractivity contribution in [2.24, 2.45) is 27.9 Å². The molecule has 0 aliphatic carbocycles. The van der Waals surface area contributed by atoms with Crippen LogP contribution >= 0.6 is 0 Å². The van der Waals surface area contributed by atoms with E-state index in [1.165, 1.54) is 0 Å². The first-order valence-electron chi connectivity index (χ1n) is 10.3. The van der Waals surface area contributed by atoms with Gasteiger partial charge in [0.05, 0.1) is 26.9 Å². The summed E-state index contributed by atoms with van der Waals surface area (Å²) in [6.07, 6.45) is -0.460. The first-order chi connectivity index (χ1) is 15.3. The lowest BCUT2D eigenvalue weighted by atomic mass is 10.0. The summed E-state index contributed by atoms with van der Waals surface area (Å²) in [5.41, 5.74) is 29.3. The summed E-state index contributed by atoms with van der Waals surface area (Å²) in [4.78, 5) is 4.48. The predicted octanol–water partition coefficient (Wildman–Crippen LogP) is 2.02. The highest BCUT2D eigenvalue weighted by atomic mass is 16.5. The molecule has 0 saturated heterocycles. The summed E-state index contributed by atoms with van der Waals surface area (Å²) >= 11 is 0. The van der Waals surface area contributed by atoms with Gasteiger partial charge in [-0.15, -0.1) is 0 Å². The van der Waals surface area contributed by atoms with Crippen LogP contribution in [0.4, 0.5) is 0 Å². The highest BCUT2D eigenvalue weighted by Crippen LogP contribution is 2.22. The van der Waals surface area contributed by atoms with E-state index in [4.69, 9.17) is 32.4 Å². The summed E-state index contributed by atoms with van der Waals surface area (Å²) in [6.45, 7) is 4.56. The first kappa shape index (κ1) is 24.8. The van der Waals surface area contributed by atoms with Gasteiger partial charge >= 0.3 is 0 Å². The fourth-order valence-corrected chi connectivity index (χ4v) is 3.34. The lowest BCUT2D eigenvalue weighted by Crippen LogP contribution is -2.41. The van der Waals surface area contributed by atoms with Gasteiger partial charge in [-0.05, 0) is 49.2 Å². The van der Waals surface area contributed by atoms with Crippen LogP contribution in [0.15, 0.2) is 64.9 Å². The molecule has 0 spiro atoms. The topological polar surface area (TPSA) is 147 Å². The minimum Gasteiger partial charge on any atom is -0.497 e. The number of nitrogens with one attached hydrogen (secondary N) is 1. The molecule has 172 valence electrons. The fourth-order valence-electron chi connectivity index (χ4n) is 3.34. The van der Waals surface area contributed by atoms with E-state index >= 15 is 0 Å². The number of nitrogens with two attached hydrogens (primary N) is 4. The zero-order valence-electron chi connectivity index (χ0n) is 19.2. The van der Waals surface area contributed by atoms with E-state index in [-0.39, 0.29) is 0 Å². The highest BCUT2D eigenvalue weighted by molar-refractivity contribution is 6.22. The first-order valence-corrected chi connectivity index (χ1v) is 10.3. The molecule has 2 aromatic rings. The number of hydrogen-bond donors (Lipinski definition) is 5. The number of benzene rings is 2. The molecule has 0 fully saturated rings. The third-order valence-electron chi connectivity index (χ3n) is 4.92. The molecule has 32 heavy (non-hydrogen) atoms. The standard InChI is InChI=1S/C24H34N6O2/c1-15(25)21(17-5-9-19(31-3)10-6-17)23(27)29-13-14-30-24(28)22(16(2)26)18-7-11-20(32-4)12-8-18/h5-12,23,29H,13-14,25-27H2,1-4H3,(H2,28,30)/b21-15-,22-16-. The van der Waals surface area contributed by atoms with Crippen molar-refractivity contribution in [3.63, 3.8) is 0 Å². The quantitative estimate of drug-likeness (QED) is 0.165. The SMILES string of the molecule is COc1ccc(/C(C(N)=NCCNC(N)/C(=C(/C)N)c2ccc(OC)cc2)=C(\C)N)cc1. The third-order valence-corrected chi connectivity index (χ3v) is 4.92. The lowest BCUT2D eigenvalue weighted by molar-refractivity contribution is 0.414. The Bertz CT molecular complexity index is 971. The minimum atomic E-state index is -0.460. The molecule has 0 saturated carbocycles. The molecule has 2 aromatic carbocycles. The fraction of sp³-hybridized carbons (Fsp3) is 0.292. The summed E-state index contributed by atoms with van der Waals surface area (Å²) in [7, 11) is 3.25. The highest BCUT2D eigenvalue weighted by Gasteiger charge is 2.14. The van der Waals surface area contributed by atoms with Crippen molar-refractivity contribution in [2.45, 2.75) is 20.0 Å². The molecule has 2 rings (SSSR count). The Labute approximate surface area is 190 Å². The zero-order chi connectivity index (χ0) is 23.7. The van der Waals surface area contributed by atoms with E-state index in [1.54, 1.807) is 21.1 Å². The van der Waals surface area contributed by atoms with Crippen LogP contribution in [0.25, 0.3) is 11.1 Å². The van der Waals surface area contributed by atoms with Crippen LogP contribution in [-0.2, 0) is 0 Å². The van der Waals surface area contributed by atoms with Crippen molar-refractivity contribution in [1.82, 2.24) is 5.32 Å². The molecule has 0 radical (unpaired) electrons. The largest absolute Gasteiger partial charge is 0.497 e. The Kier molecular flexibility index (Phi) is 9.12. The van der Waals surface area contributed by atoms with Gasteiger partial charge in [-0.1, -0.05) is 24.3 Å². The lowest BCUT2D eigenvalue weighted by Gasteiger charge is -2.19. The molecule has 0 aliphatic heterocycles. The van der Waals surface area contributed by atoms with E-state index in [0.717, 1.165) is 28.2 Å². The number of rotatable bonds is 10. The Morgan fingerprint density at radius 2 is 1.34 bits per heavy atom. The minimum absolute atomic E-state index is 0.367. The van der Waals surface area contributed by atoms with Gasteiger partial charge in [0.25, 0.3) is 0 Å². The van der Waals surface area contributed by atoms with Crippen molar-refractivity contribution in [2.75, 3.05) is 27.3 Å². The van der Waals surface area contributed by atoms with Gasteiger partial charge in [-0.2, -0.15) is 0 Å². The van der Waals surface area contributed by atoms with Crippen LogP contribution in [0.2, 0.25) is 0 Å². The molecular formula is C24H34N6O2. The summed E-state index contributed by atoms with van der Waals surface area (Å²) in [5, 5.41) is 3.25. The second kappa shape index (κ2) is 11.8. The van der Waals surface area contributed by atoms with Crippen molar-refractivity contribution < 1.29 is 9.47 Å². The zero-order valence-corrected chi connectivity index (χ0v) is 19.2. The van der Waals surface area contributed by atoms with Gasteiger partial charge in [0, 0.05) is 29.1 Å². The van der Waals surface area contributed by atoms with E-state index in [1.807, 2.05) is 55.5 Å². The van der Waals surface area contributed by atoms with Crippen molar-refractivity contribution in [1.29, 1.82) is 0 Å². The maximum Gasteiger partial charge on any atom is 0.128 e. The average Bonchev–Trinajstić information content (AvgIpc) is 2.77. The molecule has 0 bridgehead atoms. The van der Waals surface area contributed by atoms with Crippen molar-refractivity contribution in [3.8, 4) is 11.5 Å². The Morgan fingerprint density at radius 1 is 0.844 bits per heavy atom. The molecule has 0 aromatic heterocycles. The third kappa shape index (κ3) is 6.50. The second-order valence-corrected chi connectivity index (χ2v) is 7.31. The van der Waals surface area contributed by atoms with Crippen LogP contribution in [0.1, 0.15) is 25.0 Å². The van der Waals surface area contributed by atoms with Crippen LogP contribution in [-0.4, -0.2) is 39.3 Å². The molecule has 0 aliphatic rings. The van der Waals surface area contributed by atoms with Gasteiger partial charge in [-0.3, -0.25) is 10.3 Å². The summed E-state index contributed by atoms with van der Waals surface area (Å²) in [5.74, 6) is 1.89. The monoisotopic (exact) mass is 438 g/mol. The molecule has 1 atom stereocenters. The van der Waals surface area contributed by atoms with Crippen LogP contribution in [0.5, 0.6) is 11.5 Å². The van der Waals surface area contributed by atoms with Gasteiger partial charge in [0.15, 0.2) is 0 Å². The van der Waals surface area contributed by atoms with E-state index < -0.39 is 6.17 Å². The number of aliphatic imine (C=N–C) groups is 1. The van der Waals surface area contributed by atoms with Crippen LogP contribution < -0.4 is 37.7 Å². The van der Waals surface area contributed by atoms with Gasteiger partial charge in [0.2, 0.25) is 0 Å². The number of ether oxygens (including phenoxy) is 2. The molecule has 0 heterocycles. The smallest absolute Gasteiger partial charge is 0.128 e. The molecular weight excluding hydrogens is 404 g/mol. The van der Waals surface area contributed by atoms with Crippen LogP contribution in [0.3, 0.4) is 0 Å². The normalized spacial score (nSPS) is 14.3. The molecule has 8 heteroatoms. The number of amidine groups is 1. The molecule has 9 N–H and O–H groups in total. The van der Waals surface area contributed by atoms with E-state index in [9.17, 15) is 0 Å². The van der Waals surface area contributed by atoms with Gasteiger partial charge in [-0.25, -0.2) is 0 Å². The molecule has 8 nitrogen and oxygen atoms in total. The van der Waals surface area contributed by atoms with E-state index in [2.05, 4.69) is 10.3 Å². The Morgan fingerprint density at radius 3 is 1.78 bits per heavy atom. The maximum atomic E-state index is 6.36. The Balaban J connectivity index is 2.05. The second-order valence-electron chi connectivity index (χ2n) is 7.31. The molecule has 1 unspecified atom stereocenters.